The fourth-order valence-electron chi connectivity index (χ4n) is 2.67. The second kappa shape index (κ2) is 8.03. The molecule has 1 atom stereocenters. The van der Waals surface area contributed by atoms with Gasteiger partial charge in [0, 0.05) is 4.88 Å². The number of hydrogen-bond acceptors (Lipinski definition) is 4. The first-order valence-electron chi connectivity index (χ1n) is 8.32. The average Bonchev–Trinajstić information content (AvgIpc) is 3.21. The van der Waals surface area contributed by atoms with Gasteiger partial charge in [-0.3, -0.25) is 0 Å². The Kier molecular flexibility index (Phi) is 5.76. The zero-order valence-electron chi connectivity index (χ0n) is 14.7. The Balaban J connectivity index is 1.94. The summed E-state index contributed by atoms with van der Waals surface area (Å²) in [6.07, 6.45) is 0.946. The second-order valence-electron chi connectivity index (χ2n) is 5.84. The molecular weight excluding hydrogens is 366 g/mol. The van der Waals surface area contributed by atoms with E-state index in [0.717, 1.165) is 16.9 Å². The fourth-order valence-corrected chi connectivity index (χ4v) is 4.75. The number of aryl methyl sites for hydroxylation is 1. The number of rotatable bonds is 7. The average molecular weight is 388 g/mol. The normalized spacial score (nSPS) is 12.7. The summed E-state index contributed by atoms with van der Waals surface area (Å²) in [5, 5.41) is 1.95. The Labute approximate surface area is 158 Å². The highest BCUT2D eigenvalue weighted by Gasteiger charge is 2.23. The highest BCUT2D eigenvalue weighted by atomic mass is 32.2. The van der Waals surface area contributed by atoms with Crippen LogP contribution in [0.1, 0.15) is 29.0 Å². The van der Waals surface area contributed by atoms with Crippen LogP contribution < -0.4 is 9.46 Å². The lowest BCUT2D eigenvalue weighted by Gasteiger charge is -2.19. The molecule has 1 aromatic heterocycles. The van der Waals surface area contributed by atoms with Gasteiger partial charge in [0.1, 0.15) is 5.75 Å². The number of sulfonamides is 1. The molecule has 0 amide bonds. The maximum atomic E-state index is 12.9. The molecule has 3 aromatic rings. The number of nitrogens with one attached hydrogen (secondary N) is 1. The third-order valence-electron chi connectivity index (χ3n) is 4.19. The summed E-state index contributed by atoms with van der Waals surface area (Å²) in [5.41, 5.74) is 2.14. The van der Waals surface area contributed by atoms with E-state index in [4.69, 9.17) is 4.74 Å². The smallest absolute Gasteiger partial charge is 0.241 e. The summed E-state index contributed by atoms with van der Waals surface area (Å²) in [4.78, 5) is 1.16. The molecule has 2 aromatic carbocycles. The monoisotopic (exact) mass is 387 g/mol. The van der Waals surface area contributed by atoms with Crippen LogP contribution in [-0.2, 0) is 16.4 Å². The lowest BCUT2D eigenvalue weighted by atomic mass is 10.0. The third kappa shape index (κ3) is 4.15. The number of methoxy groups -OCH3 is 1. The fraction of sp³-hybridized carbons (Fsp3) is 0.200. The Bertz CT molecular complexity index is 932. The first-order valence-corrected chi connectivity index (χ1v) is 10.7. The van der Waals surface area contributed by atoms with Crippen molar-refractivity contribution in [3.05, 3.63) is 82.0 Å². The zero-order valence-corrected chi connectivity index (χ0v) is 16.3. The van der Waals surface area contributed by atoms with Crippen molar-refractivity contribution in [3.8, 4) is 5.75 Å². The van der Waals surface area contributed by atoms with Crippen molar-refractivity contribution in [2.45, 2.75) is 24.3 Å². The van der Waals surface area contributed by atoms with Crippen LogP contribution >= 0.6 is 11.3 Å². The molecule has 26 heavy (non-hydrogen) atoms. The van der Waals surface area contributed by atoms with Crippen molar-refractivity contribution in [1.29, 1.82) is 0 Å². The van der Waals surface area contributed by atoms with Crippen LogP contribution in [0, 0.1) is 0 Å². The van der Waals surface area contributed by atoms with Crippen LogP contribution in [0.3, 0.4) is 0 Å². The molecule has 0 spiro atoms. The number of ether oxygens (including phenoxy) is 1. The first kappa shape index (κ1) is 18.6. The molecule has 1 N–H and O–H groups in total. The van der Waals surface area contributed by atoms with Crippen molar-refractivity contribution in [2.75, 3.05) is 7.11 Å². The number of thiophene rings is 1. The molecule has 1 heterocycles. The van der Waals surface area contributed by atoms with E-state index < -0.39 is 16.1 Å². The van der Waals surface area contributed by atoms with Crippen LogP contribution in [0.2, 0.25) is 0 Å². The molecular formula is C20H21NO3S2. The Morgan fingerprint density at radius 2 is 1.73 bits per heavy atom. The molecule has 0 aliphatic carbocycles. The van der Waals surface area contributed by atoms with E-state index in [1.54, 1.807) is 31.4 Å². The van der Waals surface area contributed by atoms with Crippen molar-refractivity contribution >= 4 is 21.4 Å². The highest BCUT2D eigenvalue weighted by molar-refractivity contribution is 7.89. The van der Waals surface area contributed by atoms with Gasteiger partial charge in [0.05, 0.1) is 18.0 Å². The zero-order chi connectivity index (χ0) is 18.6. The van der Waals surface area contributed by atoms with Gasteiger partial charge in [0.2, 0.25) is 10.0 Å². The lowest BCUT2D eigenvalue weighted by molar-refractivity contribution is 0.414. The standard InChI is InChI=1S/C20H21NO3S2/c1-3-15-6-8-16(9-7-15)20(19-5-4-14-25-19)21-26(22,23)18-12-10-17(24-2)11-13-18/h4-14,20-21H,3H2,1-2H3. The largest absolute Gasteiger partial charge is 0.497 e. The van der Waals surface area contributed by atoms with Crippen LogP contribution in [-0.4, -0.2) is 15.5 Å². The minimum absolute atomic E-state index is 0.213. The highest BCUT2D eigenvalue weighted by Crippen LogP contribution is 2.28. The first-order chi connectivity index (χ1) is 12.5. The van der Waals surface area contributed by atoms with E-state index in [1.165, 1.54) is 16.9 Å². The molecule has 6 heteroatoms. The van der Waals surface area contributed by atoms with Crippen LogP contribution in [0.25, 0.3) is 0 Å². The van der Waals surface area contributed by atoms with Gasteiger partial charge in [0.15, 0.2) is 0 Å². The SMILES string of the molecule is CCc1ccc(C(NS(=O)(=O)c2ccc(OC)cc2)c2cccs2)cc1. The maximum absolute atomic E-state index is 12.9. The quantitative estimate of drug-likeness (QED) is 0.654. The molecule has 0 aliphatic heterocycles. The van der Waals surface area contributed by atoms with E-state index in [-0.39, 0.29) is 4.90 Å². The molecule has 0 aliphatic rings. The van der Waals surface area contributed by atoms with Gasteiger partial charge >= 0.3 is 0 Å². The van der Waals surface area contributed by atoms with E-state index in [0.29, 0.717) is 5.75 Å². The molecule has 0 saturated heterocycles. The topological polar surface area (TPSA) is 55.4 Å². The third-order valence-corrected chi connectivity index (χ3v) is 6.57. The predicted molar refractivity (Wildman–Crippen MR) is 105 cm³/mol. The summed E-state index contributed by atoms with van der Waals surface area (Å²) in [6.45, 7) is 2.10. The summed E-state index contributed by atoms with van der Waals surface area (Å²) < 4.78 is 33.7. The van der Waals surface area contributed by atoms with Crippen LogP contribution in [0.4, 0.5) is 0 Å². The van der Waals surface area contributed by atoms with Gasteiger partial charge in [-0.1, -0.05) is 37.3 Å². The van der Waals surface area contributed by atoms with Crippen molar-refractivity contribution < 1.29 is 13.2 Å². The van der Waals surface area contributed by atoms with Gasteiger partial charge in [-0.05, 0) is 53.3 Å². The van der Waals surface area contributed by atoms with Crippen molar-refractivity contribution in [2.24, 2.45) is 0 Å². The van der Waals surface area contributed by atoms with E-state index in [9.17, 15) is 8.42 Å². The van der Waals surface area contributed by atoms with E-state index >= 15 is 0 Å². The molecule has 4 nitrogen and oxygen atoms in total. The van der Waals surface area contributed by atoms with E-state index in [2.05, 4.69) is 11.6 Å². The minimum atomic E-state index is -3.67. The van der Waals surface area contributed by atoms with Crippen molar-refractivity contribution in [3.63, 3.8) is 0 Å². The molecule has 3 rings (SSSR count). The summed E-state index contributed by atoms with van der Waals surface area (Å²) in [7, 11) is -2.12. The molecule has 0 bridgehead atoms. The Hall–Kier alpha value is -2.15. The van der Waals surface area contributed by atoms with Gasteiger partial charge < -0.3 is 4.74 Å². The molecule has 136 valence electrons. The summed E-state index contributed by atoms with van der Waals surface area (Å²) in [6, 6.07) is 17.9. The summed E-state index contributed by atoms with van der Waals surface area (Å²) in [5.74, 6) is 0.619. The summed E-state index contributed by atoms with van der Waals surface area (Å²) >= 11 is 1.53. The van der Waals surface area contributed by atoms with Gasteiger partial charge in [-0.25, -0.2) is 8.42 Å². The molecule has 0 saturated carbocycles. The number of hydrogen-bond donors (Lipinski definition) is 1. The van der Waals surface area contributed by atoms with E-state index in [1.807, 2.05) is 41.8 Å². The Morgan fingerprint density at radius 1 is 1.04 bits per heavy atom. The van der Waals surface area contributed by atoms with Gasteiger partial charge in [-0.2, -0.15) is 4.72 Å². The minimum Gasteiger partial charge on any atom is -0.497 e. The molecule has 0 radical (unpaired) electrons. The van der Waals surface area contributed by atoms with Crippen molar-refractivity contribution in [1.82, 2.24) is 4.72 Å². The number of benzene rings is 2. The lowest BCUT2D eigenvalue weighted by Crippen LogP contribution is -2.29. The molecule has 1 unspecified atom stereocenters. The second-order valence-corrected chi connectivity index (χ2v) is 8.53. The van der Waals surface area contributed by atoms with Gasteiger partial charge in [-0.15, -0.1) is 11.3 Å². The predicted octanol–water partition coefficient (Wildman–Crippen LogP) is 4.39. The maximum Gasteiger partial charge on any atom is 0.241 e. The van der Waals surface area contributed by atoms with Gasteiger partial charge in [0.25, 0.3) is 0 Å². The molecule has 0 fully saturated rings. The van der Waals surface area contributed by atoms with Crippen LogP contribution in [0.5, 0.6) is 5.75 Å². The van der Waals surface area contributed by atoms with Crippen LogP contribution in [0.15, 0.2) is 70.9 Å². The Morgan fingerprint density at radius 3 is 2.27 bits per heavy atom.